The van der Waals surface area contributed by atoms with Crippen molar-refractivity contribution in [1.29, 1.82) is 0 Å². The van der Waals surface area contributed by atoms with Gasteiger partial charge in [-0.25, -0.2) is 0 Å². The number of benzene rings is 1. The Labute approximate surface area is 139 Å². The molecule has 3 nitrogen and oxygen atoms in total. The Kier molecular flexibility index (Phi) is 6.56. The number of nitrogens with zero attached hydrogens (tertiary/aromatic N) is 1. The Hall–Kier alpha value is -0.980. The number of unbranched alkanes of at least 4 members (excludes halogenated alkanes) is 1. The molecule has 1 fully saturated rings. The molecule has 2 rings (SSSR count). The molecular formula is C16H22ClF3N2O. The van der Waals surface area contributed by atoms with E-state index in [1.165, 1.54) is 6.07 Å². The van der Waals surface area contributed by atoms with E-state index in [9.17, 15) is 13.2 Å². The first kappa shape index (κ1) is 18.4. The number of hydrogen-bond donors (Lipinski definition) is 1. The minimum absolute atomic E-state index is 0.00328. The lowest BCUT2D eigenvalue weighted by atomic mass is 9.98. The highest BCUT2D eigenvalue weighted by Crippen LogP contribution is 2.35. The fourth-order valence-electron chi connectivity index (χ4n) is 2.88. The molecule has 7 heteroatoms. The Morgan fingerprint density at radius 3 is 2.57 bits per heavy atom. The largest absolute Gasteiger partial charge is 0.573 e. The molecule has 1 heterocycles. The van der Waals surface area contributed by atoms with E-state index >= 15 is 0 Å². The summed E-state index contributed by atoms with van der Waals surface area (Å²) < 4.78 is 41.0. The molecule has 0 aromatic heterocycles. The lowest BCUT2D eigenvalue weighted by Crippen LogP contribution is -2.45. The molecule has 1 saturated heterocycles. The summed E-state index contributed by atoms with van der Waals surface area (Å²) in [6.45, 7) is 5.82. The van der Waals surface area contributed by atoms with Crippen molar-refractivity contribution in [3.05, 3.63) is 28.8 Å². The summed E-state index contributed by atoms with van der Waals surface area (Å²) in [4.78, 5) is 2.36. The van der Waals surface area contributed by atoms with Crippen LogP contribution in [0.15, 0.2) is 18.2 Å². The molecule has 0 bridgehead atoms. The average Bonchev–Trinajstić information content (AvgIpc) is 2.50. The van der Waals surface area contributed by atoms with Crippen LogP contribution < -0.4 is 10.1 Å². The van der Waals surface area contributed by atoms with Gasteiger partial charge < -0.3 is 10.1 Å². The Morgan fingerprint density at radius 1 is 1.30 bits per heavy atom. The molecule has 1 aliphatic heterocycles. The van der Waals surface area contributed by atoms with Crippen molar-refractivity contribution in [1.82, 2.24) is 10.2 Å². The highest BCUT2D eigenvalue weighted by molar-refractivity contribution is 6.32. The third-order valence-electron chi connectivity index (χ3n) is 3.99. The standard InChI is InChI=1S/C16H22ClF3N2O/c1-2-3-4-14(22-9-7-21-8-10-22)12-5-6-15(13(17)11-12)23-16(18,19)20/h5-6,11,14,21H,2-4,7-10H2,1H3/t14-/m0/s1. The second-order valence-electron chi connectivity index (χ2n) is 5.68. The fraction of sp³-hybridized carbons (Fsp3) is 0.625. The second kappa shape index (κ2) is 8.22. The van der Waals surface area contributed by atoms with E-state index in [0.717, 1.165) is 51.0 Å². The molecule has 23 heavy (non-hydrogen) atoms. The van der Waals surface area contributed by atoms with E-state index in [0.29, 0.717) is 0 Å². The Bertz CT molecular complexity index is 505. The van der Waals surface area contributed by atoms with E-state index in [4.69, 9.17) is 11.6 Å². The molecule has 130 valence electrons. The van der Waals surface area contributed by atoms with E-state index in [1.54, 1.807) is 12.1 Å². The van der Waals surface area contributed by atoms with Gasteiger partial charge in [-0.2, -0.15) is 0 Å². The number of rotatable bonds is 6. The molecular weight excluding hydrogens is 329 g/mol. The minimum Gasteiger partial charge on any atom is -0.404 e. The predicted octanol–water partition coefficient (Wildman–Crippen LogP) is 4.38. The zero-order chi connectivity index (χ0) is 16.9. The zero-order valence-corrected chi connectivity index (χ0v) is 13.9. The lowest BCUT2D eigenvalue weighted by molar-refractivity contribution is -0.274. The summed E-state index contributed by atoms with van der Waals surface area (Å²) in [6.07, 6.45) is -1.63. The first-order valence-corrected chi connectivity index (χ1v) is 8.28. The van der Waals surface area contributed by atoms with Crippen molar-refractivity contribution < 1.29 is 17.9 Å². The van der Waals surface area contributed by atoms with E-state index in [2.05, 4.69) is 21.9 Å². The molecule has 1 N–H and O–H groups in total. The summed E-state index contributed by atoms with van der Waals surface area (Å²) in [5, 5.41) is 3.31. The van der Waals surface area contributed by atoms with Crippen LogP contribution in [0.3, 0.4) is 0 Å². The van der Waals surface area contributed by atoms with Gasteiger partial charge in [-0.3, -0.25) is 4.90 Å². The van der Waals surface area contributed by atoms with Gasteiger partial charge in [0, 0.05) is 32.2 Å². The van der Waals surface area contributed by atoms with Crippen molar-refractivity contribution in [2.75, 3.05) is 26.2 Å². The average molecular weight is 351 g/mol. The van der Waals surface area contributed by atoms with Gasteiger partial charge in [-0.05, 0) is 24.1 Å². The van der Waals surface area contributed by atoms with Gasteiger partial charge in [0.1, 0.15) is 5.75 Å². The van der Waals surface area contributed by atoms with E-state index in [1.807, 2.05) is 0 Å². The molecule has 0 radical (unpaired) electrons. The van der Waals surface area contributed by atoms with E-state index < -0.39 is 6.36 Å². The molecule has 1 aromatic rings. The molecule has 0 aliphatic carbocycles. The summed E-state index contributed by atoms with van der Waals surface area (Å²) in [6, 6.07) is 4.78. The Morgan fingerprint density at radius 2 is 2.00 bits per heavy atom. The number of nitrogens with one attached hydrogen (secondary N) is 1. The van der Waals surface area contributed by atoms with Gasteiger partial charge in [0.2, 0.25) is 0 Å². The molecule has 0 unspecified atom stereocenters. The summed E-state index contributed by atoms with van der Waals surface area (Å²) in [7, 11) is 0. The monoisotopic (exact) mass is 350 g/mol. The highest BCUT2D eigenvalue weighted by Gasteiger charge is 2.32. The van der Waals surface area contributed by atoms with Crippen molar-refractivity contribution >= 4 is 11.6 Å². The fourth-order valence-corrected chi connectivity index (χ4v) is 3.11. The molecule has 0 amide bonds. The van der Waals surface area contributed by atoms with Crippen LogP contribution in [-0.2, 0) is 0 Å². The lowest BCUT2D eigenvalue weighted by Gasteiger charge is -2.35. The summed E-state index contributed by atoms with van der Waals surface area (Å²) in [5.74, 6) is -0.350. The van der Waals surface area contributed by atoms with Gasteiger partial charge in [0.05, 0.1) is 5.02 Å². The molecule has 0 saturated carbocycles. The van der Waals surface area contributed by atoms with Crippen molar-refractivity contribution in [3.8, 4) is 5.75 Å². The predicted molar refractivity (Wildman–Crippen MR) is 84.8 cm³/mol. The number of hydrogen-bond acceptors (Lipinski definition) is 3. The molecule has 1 atom stereocenters. The third kappa shape index (κ3) is 5.55. The summed E-state index contributed by atoms with van der Waals surface area (Å²) >= 11 is 6.00. The number of halogens is 4. The van der Waals surface area contributed by atoms with Gasteiger partial charge in [-0.15, -0.1) is 13.2 Å². The van der Waals surface area contributed by atoms with Gasteiger partial charge in [-0.1, -0.05) is 37.4 Å². The van der Waals surface area contributed by atoms with Crippen LogP contribution in [0.4, 0.5) is 13.2 Å². The third-order valence-corrected chi connectivity index (χ3v) is 4.29. The van der Waals surface area contributed by atoms with Crippen LogP contribution in [0.25, 0.3) is 0 Å². The maximum absolute atomic E-state index is 12.3. The van der Waals surface area contributed by atoms with Crippen LogP contribution in [0.1, 0.15) is 37.8 Å². The maximum atomic E-state index is 12.3. The first-order chi connectivity index (χ1) is 10.9. The Balaban J connectivity index is 2.18. The van der Waals surface area contributed by atoms with Gasteiger partial charge >= 0.3 is 6.36 Å². The zero-order valence-electron chi connectivity index (χ0n) is 13.1. The van der Waals surface area contributed by atoms with Crippen molar-refractivity contribution in [3.63, 3.8) is 0 Å². The van der Waals surface area contributed by atoms with E-state index in [-0.39, 0.29) is 16.8 Å². The second-order valence-corrected chi connectivity index (χ2v) is 6.09. The first-order valence-electron chi connectivity index (χ1n) is 7.90. The smallest absolute Gasteiger partial charge is 0.404 e. The molecule has 0 spiro atoms. The van der Waals surface area contributed by atoms with Crippen LogP contribution in [0.5, 0.6) is 5.75 Å². The topological polar surface area (TPSA) is 24.5 Å². The number of alkyl halides is 3. The number of ether oxygens (including phenoxy) is 1. The normalized spacial score (nSPS) is 18.0. The van der Waals surface area contributed by atoms with Crippen LogP contribution in [0.2, 0.25) is 5.02 Å². The maximum Gasteiger partial charge on any atom is 0.573 e. The van der Waals surface area contributed by atoms with Gasteiger partial charge in [0.25, 0.3) is 0 Å². The van der Waals surface area contributed by atoms with Crippen LogP contribution in [-0.4, -0.2) is 37.4 Å². The van der Waals surface area contributed by atoms with Crippen molar-refractivity contribution in [2.45, 2.75) is 38.6 Å². The highest BCUT2D eigenvalue weighted by atomic mass is 35.5. The minimum atomic E-state index is -4.73. The van der Waals surface area contributed by atoms with Crippen molar-refractivity contribution in [2.24, 2.45) is 0 Å². The molecule has 1 aliphatic rings. The summed E-state index contributed by atoms with van der Waals surface area (Å²) in [5.41, 5.74) is 0.944. The van der Waals surface area contributed by atoms with Crippen LogP contribution >= 0.6 is 11.6 Å². The molecule has 1 aromatic carbocycles. The number of piperazine rings is 1. The van der Waals surface area contributed by atoms with Gasteiger partial charge in [0.15, 0.2) is 0 Å². The van der Waals surface area contributed by atoms with Crippen LogP contribution in [0, 0.1) is 0 Å². The SMILES string of the molecule is CCCC[C@@H](c1ccc(OC(F)(F)F)c(Cl)c1)N1CCNCC1. The quantitative estimate of drug-likeness (QED) is 0.824.